The quantitative estimate of drug-likeness (QED) is 0.467. The van der Waals surface area contributed by atoms with E-state index >= 15 is 0 Å². The van der Waals surface area contributed by atoms with Crippen LogP contribution in [0.25, 0.3) is 0 Å². The lowest BCUT2D eigenvalue weighted by molar-refractivity contribution is 0.224. The molecular formula is C12H25ClNO3P. The molecule has 0 fully saturated rings. The van der Waals surface area contributed by atoms with Crippen LogP contribution in [0.5, 0.6) is 0 Å². The minimum absolute atomic E-state index is 0.337. The fourth-order valence-corrected chi connectivity index (χ4v) is 4.17. The summed E-state index contributed by atoms with van der Waals surface area (Å²) in [5.74, 6) is 0. The van der Waals surface area contributed by atoms with Gasteiger partial charge in [0.15, 0.2) is 0 Å². The smallest absolute Gasteiger partial charge is 0.360 e. The Bertz CT molecular complexity index is 306. The number of rotatable bonds is 9. The number of hydrogen-bond donors (Lipinski definition) is 0. The molecule has 0 spiro atoms. The summed E-state index contributed by atoms with van der Waals surface area (Å²) in [7, 11) is -3.26. The van der Waals surface area contributed by atoms with Crippen molar-refractivity contribution in [3.63, 3.8) is 0 Å². The molecule has 0 unspecified atom stereocenters. The maximum atomic E-state index is 12.7. The average Bonchev–Trinajstić information content (AvgIpc) is 2.31. The second-order valence-electron chi connectivity index (χ2n) is 3.60. The molecule has 4 nitrogen and oxygen atoms in total. The molecule has 0 amide bonds. The molecule has 0 aromatic heterocycles. The molecule has 0 aromatic carbocycles. The Morgan fingerprint density at radius 1 is 1.06 bits per heavy atom. The average molecular weight is 298 g/mol. The van der Waals surface area contributed by atoms with Crippen LogP contribution in [0.4, 0.5) is 0 Å². The summed E-state index contributed by atoms with van der Waals surface area (Å²) in [6.45, 7) is 11.7. The monoisotopic (exact) mass is 297 g/mol. The molecule has 0 aromatic rings. The lowest BCUT2D eigenvalue weighted by Gasteiger charge is -2.26. The SMILES string of the molecule is CCOP(=O)(OCC)/C(CC)=C(\Cl)N(CC)CC. The van der Waals surface area contributed by atoms with Crippen LogP contribution in [0, 0.1) is 0 Å². The highest BCUT2D eigenvalue weighted by Gasteiger charge is 2.32. The van der Waals surface area contributed by atoms with Gasteiger partial charge in [-0.25, -0.2) is 0 Å². The van der Waals surface area contributed by atoms with E-state index in [2.05, 4.69) is 0 Å². The standard InChI is InChI=1S/C12H25ClNO3P/c1-6-11(12(13)14(7-2)8-3)18(15,16-9-4)17-10-5/h6-10H2,1-5H3/b12-11+. The predicted molar refractivity (Wildman–Crippen MR) is 76.9 cm³/mol. The zero-order valence-electron chi connectivity index (χ0n) is 12.0. The van der Waals surface area contributed by atoms with Crippen LogP contribution in [0.2, 0.25) is 0 Å². The minimum atomic E-state index is -3.26. The second-order valence-corrected chi connectivity index (χ2v) is 6.01. The van der Waals surface area contributed by atoms with Crippen molar-refractivity contribution in [2.75, 3.05) is 26.3 Å². The van der Waals surface area contributed by atoms with E-state index in [9.17, 15) is 4.57 Å². The fourth-order valence-electron chi connectivity index (χ4n) is 1.67. The first-order valence-corrected chi connectivity index (χ1v) is 8.45. The highest BCUT2D eigenvalue weighted by Crippen LogP contribution is 2.59. The van der Waals surface area contributed by atoms with Crippen LogP contribution in [-0.2, 0) is 13.6 Å². The van der Waals surface area contributed by atoms with E-state index in [1.165, 1.54) is 0 Å². The highest BCUT2D eigenvalue weighted by atomic mass is 35.5. The number of nitrogens with zero attached hydrogens (tertiary/aromatic N) is 1. The minimum Gasteiger partial charge on any atom is -0.362 e. The van der Waals surface area contributed by atoms with Crippen LogP contribution < -0.4 is 0 Å². The molecule has 0 radical (unpaired) electrons. The molecular weight excluding hydrogens is 273 g/mol. The van der Waals surface area contributed by atoms with Crippen molar-refractivity contribution >= 4 is 19.2 Å². The lowest BCUT2D eigenvalue weighted by atomic mass is 10.4. The van der Waals surface area contributed by atoms with Crippen LogP contribution in [-0.4, -0.2) is 31.2 Å². The van der Waals surface area contributed by atoms with Gasteiger partial charge in [0.1, 0.15) is 5.16 Å². The molecule has 0 aliphatic rings. The van der Waals surface area contributed by atoms with Gasteiger partial charge in [-0.05, 0) is 34.1 Å². The molecule has 0 atom stereocenters. The van der Waals surface area contributed by atoms with E-state index in [0.29, 0.717) is 30.1 Å². The molecule has 18 heavy (non-hydrogen) atoms. The molecule has 0 rings (SSSR count). The first kappa shape index (κ1) is 18.0. The van der Waals surface area contributed by atoms with Crippen LogP contribution in [0.1, 0.15) is 41.0 Å². The second kappa shape index (κ2) is 8.98. The van der Waals surface area contributed by atoms with Gasteiger partial charge in [0.25, 0.3) is 0 Å². The van der Waals surface area contributed by atoms with Gasteiger partial charge in [-0.2, -0.15) is 0 Å². The van der Waals surface area contributed by atoms with E-state index < -0.39 is 7.60 Å². The normalized spacial score (nSPS) is 13.4. The molecule has 0 N–H and O–H groups in total. The summed E-state index contributed by atoms with van der Waals surface area (Å²) in [5.41, 5.74) is 0. The summed E-state index contributed by atoms with van der Waals surface area (Å²) in [6.07, 6.45) is 0.548. The first-order valence-electron chi connectivity index (χ1n) is 6.53. The molecule has 0 aliphatic carbocycles. The van der Waals surface area contributed by atoms with Crippen LogP contribution >= 0.6 is 19.2 Å². The van der Waals surface area contributed by atoms with Gasteiger partial charge in [0.05, 0.1) is 18.5 Å². The molecule has 0 saturated carbocycles. The number of hydrogen-bond acceptors (Lipinski definition) is 4. The van der Waals surface area contributed by atoms with Gasteiger partial charge in [0.2, 0.25) is 0 Å². The van der Waals surface area contributed by atoms with E-state index in [1.807, 2.05) is 25.7 Å². The Labute approximate surface area is 116 Å². The molecule has 0 bridgehead atoms. The Hall–Kier alpha value is -0.0200. The topological polar surface area (TPSA) is 38.8 Å². The van der Waals surface area contributed by atoms with Gasteiger partial charge in [0, 0.05) is 13.1 Å². The van der Waals surface area contributed by atoms with Crippen molar-refractivity contribution in [3.8, 4) is 0 Å². The molecule has 108 valence electrons. The van der Waals surface area contributed by atoms with Gasteiger partial charge in [-0.1, -0.05) is 18.5 Å². The van der Waals surface area contributed by atoms with Crippen molar-refractivity contribution in [1.82, 2.24) is 4.90 Å². The van der Waals surface area contributed by atoms with E-state index in [1.54, 1.807) is 13.8 Å². The van der Waals surface area contributed by atoms with E-state index in [-0.39, 0.29) is 0 Å². The Kier molecular flexibility index (Phi) is 8.97. The Balaban J connectivity index is 5.47. The van der Waals surface area contributed by atoms with Gasteiger partial charge in [-0.15, -0.1) is 0 Å². The highest BCUT2D eigenvalue weighted by molar-refractivity contribution is 7.58. The zero-order valence-corrected chi connectivity index (χ0v) is 13.7. The Morgan fingerprint density at radius 3 is 1.78 bits per heavy atom. The van der Waals surface area contributed by atoms with E-state index in [0.717, 1.165) is 13.1 Å². The summed E-state index contributed by atoms with van der Waals surface area (Å²) >= 11 is 6.34. The van der Waals surface area contributed by atoms with Crippen molar-refractivity contribution < 1.29 is 13.6 Å². The largest absolute Gasteiger partial charge is 0.362 e. The predicted octanol–water partition coefficient (Wildman–Crippen LogP) is 4.41. The van der Waals surface area contributed by atoms with Crippen LogP contribution in [0.3, 0.4) is 0 Å². The maximum absolute atomic E-state index is 12.7. The lowest BCUT2D eigenvalue weighted by Crippen LogP contribution is -2.21. The number of allylic oxidation sites excluding steroid dienone is 1. The van der Waals surface area contributed by atoms with Crippen molar-refractivity contribution in [3.05, 3.63) is 10.5 Å². The molecule has 0 heterocycles. The summed E-state index contributed by atoms with van der Waals surface area (Å²) < 4.78 is 23.4. The first-order chi connectivity index (χ1) is 8.50. The molecule has 6 heteroatoms. The molecule has 0 saturated heterocycles. The third kappa shape index (κ3) is 4.58. The van der Waals surface area contributed by atoms with E-state index in [4.69, 9.17) is 20.6 Å². The van der Waals surface area contributed by atoms with Crippen molar-refractivity contribution in [2.24, 2.45) is 0 Å². The number of halogens is 1. The third-order valence-electron chi connectivity index (χ3n) is 2.54. The third-order valence-corrected chi connectivity index (χ3v) is 5.53. The fraction of sp³-hybridized carbons (Fsp3) is 0.833. The summed E-state index contributed by atoms with van der Waals surface area (Å²) in [4.78, 5) is 1.95. The summed E-state index contributed by atoms with van der Waals surface area (Å²) in [5, 5.41) is 1.06. The van der Waals surface area contributed by atoms with Crippen molar-refractivity contribution in [1.29, 1.82) is 0 Å². The summed E-state index contributed by atoms with van der Waals surface area (Å²) in [6, 6.07) is 0. The van der Waals surface area contributed by atoms with Gasteiger partial charge >= 0.3 is 7.60 Å². The van der Waals surface area contributed by atoms with Gasteiger partial charge < -0.3 is 13.9 Å². The zero-order chi connectivity index (χ0) is 14.2. The van der Waals surface area contributed by atoms with Gasteiger partial charge in [-0.3, -0.25) is 4.57 Å². The maximum Gasteiger partial charge on any atom is 0.360 e. The Morgan fingerprint density at radius 2 is 1.50 bits per heavy atom. The van der Waals surface area contributed by atoms with Crippen molar-refractivity contribution in [2.45, 2.75) is 41.0 Å². The molecule has 0 aliphatic heterocycles. The van der Waals surface area contributed by atoms with Crippen LogP contribution in [0.15, 0.2) is 10.5 Å².